The zero-order chi connectivity index (χ0) is 24.5. The zero-order valence-corrected chi connectivity index (χ0v) is 21.7. The second-order valence-corrected chi connectivity index (χ2v) is 10.8. The minimum absolute atomic E-state index is 0.0129. The van der Waals surface area contributed by atoms with Gasteiger partial charge in [0.15, 0.2) is 0 Å². The fraction of sp³-hybridized carbons (Fsp3) is 0.320. The smallest absolute Gasteiger partial charge is 0.223 e. The van der Waals surface area contributed by atoms with E-state index in [1.54, 1.807) is 17.4 Å². The first-order valence-corrected chi connectivity index (χ1v) is 13.0. The van der Waals surface area contributed by atoms with Crippen molar-refractivity contribution in [3.8, 4) is 23.2 Å². The van der Waals surface area contributed by atoms with E-state index >= 15 is 0 Å². The number of hydrogen-bond donors (Lipinski definition) is 3. The van der Waals surface area contributed by atoms with Gasteiger partial charge in [0.1, 0.15) is 24.1 Å². The number of piperazine rings is 1. The van der Waals surface area contributed by atoms with E-state index in [0.717, 1.165) is 32.8 Å². The van der Waals surface area contributed by atoms with Crippen molar-refractivity contribution in [2.24, 2.45) is 0 Å². The van der Waals surface area contributed by atoms with Gasteiger partial charge in [-0.05, 0) is 43.3 Å². The molecule has 184 valence electrons. The first-order valence-electron chi connectivity index (χ1n) is 11.4. The summed E-state index contributed by atoms with van der Waals surface area (Å²) in [5, 5.41) is 32.8. The van der Waals surface area contributed by atoms with Crippen molar-refractivity contribution >= 4 is 43.2 Å². The van der Waals surface area contributed by atoms with E-state index in [4.69, 9.17) is 4.74 Å². The highest BCUT2D eigenvalue weighted by atomic mass is 79.9. The number of aliphatic hydroxyl groups excluding tert-OH is 1. The van der Waals surface area contributed by atoms with Crippen molar-refractivity contribution in [3.05, 3.63) is 58.0 Å². The fourth-order valence-electron chi connectivity index (χ4n) is 4.38. The Morgan fingerprint density at radius 2 is 1.80 bits per heavy atom. The largest absolute Gasteiger partial charge is 0.494 e. The van der Waals surface area contributed by atoms with Crippen molar-refractivity contribution in [2.45, 2.75) is 13.0 Å². The summed E-state index contributed by atoms with van der Waals surface area (Å²) in [5.74, 6) is 0.706. The van der Waals surface area contributed by atoms with Crippen LogP contribution in [0.2, 0.25) is 0 Å². The average Bonchev–Trinajstić information content (AvgIpc) is 3.36. The molecule has 2 aromatic heterocycles. The van der Waals surface area contributed by atoms with Crippen LogP contribution in [0, 0.1) is 6.92 Å². The van der Waals surface area contributed by atoms with Crippen molar-refractivity contribution < 1.29 is 20.1 Å². The van der Waals surface area contributed by atoms with Gasteiger partial charge in [0, 0.05) is 49.3 Å². The Hall–Kier alpha value is -2.79. The number of aromatic hydroxyl groups is 2. The molecule has 3 heterocycles. The molecule has 10 heteroatoms. The van der Waals surface area contributed by atoms with Gasteiger partial charge in [-0.15, -0.1) is 11.3 Å². The molecule has 35 heavy (non-hydrogen) atoms. The van der Waals surface area contributed by atoms with Crippen LogP contribution in [0.15, 0.2) is 53.0 Å². The molecule has 4 aromatic rings. The molecule has 2 aromatic carbocycles. The number of ether oxygens (including phenoxy) is 1. The van der Waals surface area contributed by atoms with Crippen LogP contribution in [0.25, 0.3) is 15.9 Å². The summed E-state index contributed by atoms with van der Waals surface area (Å²) < 4.78 is 9.29. The molecule has 1 atom stereocenters. The van der Waals surface area contributed by atoms with Gasteiger partial charge >= 0.3 is 0 Å². The Bertz CT molecular complexity index is 1320. The maximum atomic E-state index is 10.8. The van der Waals surface area contributed by atoms with E-state index in [9.17, 15) is 15.3 Å². The Labute approximate surface area is 215 Å². The van der Waals surface area contributed by atoms with E-state index in [2.05, 4.69) is 30.7 Å². The summed E-state index contributed by atoms with van der Waals surface area (Å²) in [6.07, 6.45) is -0.620. The molecule has 8 nitrogen and oxygen atoms in total. The molecule has 5 rings (SSSR count). The molecule has 1 unspecified atom stereocenters. The van der Waals surface area contributed by atoms with Crippen LogP contribution >= 0.6 is 27.3 Å². The number of β-amino-alcohol motifs (C(OH)–C–C–N with tert-alkyl or cyclic N) is 1. The SMILES string of the molecule is Cc1nc2cc(OCC(O)CN3CCN(c4cc(O)n(-c5ccc(Br)cc5)c4O)CC3)ccc2s1. The standard InChI is InChI=1S/C25H27BrN4O4S/c1-16-27-21-12-20(6-7-23(21)35-16)34-15-19(31)14-28-8-10-29(11-9-28)22-13-24(32)30(25(22)33)18-4-2-17(26)3-5-18/h2-7,12-13,19,31-33H,8-11,14-15H2,1H3. The minimum Gasteiger partial charge on any atom is -0.494 e. The molecule has 0 spiro atoms. The van der Waals surface area contributed by atoms with E-state index in [0.29, 0.717) is 36.8 Å². The maximum absolute atomic E-state index is 10.8. The molecule has 0 aliphatic carbocycles. The number of nitrogens with zero attached hydrogens (tertiary/aromatic N) is 4. The van der Waals surface area contributed by atoms with E-state index in [1.165, 1.54) is 4.57 Å². The predicted octanol–water partition coefficient (Wildman–Crippen LogP) is 4.13. The fourth-order valence-corrected chi connectivity index (χ4v) is 5.45. The molecular weight excluding hydrogens is 532 g/mol. The number of thiazole rings is 1. The second kappa shape index (κ2) is 10.1. The van der Waals surface area contributed by atoms with Crippen LogP contribution in [-0.4, -0.2) is 75.2 Å². The molecule has 1 fully saturated rings. The highest BCUT2D eigenvalue weighted by Crippen LogP contribution is 2.38. The van der Waals surface area contributed by atoms with E-state index < -0.39 is 6.10 Å². The third-order valence-electron chi connectivity index (χ3n) is 6.11. The first kappa shape index (κ1) is 23.9. The number of hydrogen-bond acceptors (Lipinski definition) is 8. The van der Waals surface area contributed by atoms with Crippen molar-refractivity contribution in [1.82, 2.24) is 14.5 Å². The number of aromatic nitrogens is 2. The third kappa shape index (κ3) is 5.25. The molecule has 0 bridgehead atoms. The Morgan fingerprint density at radius 3 is 2.54 bits per heavy atom. The van der Waals surface area contributed by atoms with E-state index in [1.807, 2.05) is 49.4 Å². The summed E-state index contributed by atoms with van der Waals surface area (Å²) in [7, 11) is 0. The van der Waals surface area contributed by atoms with Gasteiger partial charge in [0.05, 0.1) is 20.9 Å². The van der Waals surface area contributed by atoms with Crippen LogP contribution in [0.5, 0.6) is 17.5 Å². The van der Waals surface area contributed by atoms with Crippen molar-refractivity contribution in [1.29, 1.82) is 0 Å². The number of anilines is 1. The Morgan fingerprint density at radius 1 is 1.06 bits per heavy atom. The monoisotopic (exact) mass is 558 g/mol. The highest BCUT2D eigenvalue weighted by molar-refractivity contribution is 9.10. The topological polar surface area (TPSA) is 94.2 Å². The summed E-state index contributed by atoms with van der Waals surface area (Å²) in [4.78, 5) is 8.72. The highest BCUT2D eigenvalue weighted by Gasteiger charge is 2.25. The second-order valence-electron chi connectivity index (χ2n) is 8.64. The lowest BCUT2D eigenvalue weighted by molar-refractivity contribution is 0.0663. The van der Waals surface area contributed by atoms with Gasteiger partial charge in [-0.25, -0.2) is 9.55 Å². The third-order valence-corrected chi connectivity index (χ3v) is 7.59. The van der Waals surface area contributed by atoms with Gasteiger partial charge < -0.3 is 25.0 Å². The number of benzene rings is 2. The Kier molecular flexibility index (Phi) is 6.88. The summed E-state index contributed by atoms with van der Waals surface area (Å²) in [6, 6.07) is 14.8. The van der Waals surface area contributed by atoms with Crippen LogP contribution in [0.3, 0.4) is 0 Å². The van der Waals surface area contributed by atoms with Gasteiger partial charge in [0.25, 0.3) is 0 Å². The van der Waals surface area contributed by atoms with Crippen LogP contribution in [-0.2, 0) is 0 Å². The lowest BCUT2D eigenvalue weighted by Crippen LogP contribution is -2.49. The number of rotatable bonds is 7. The van der Waals surface area contributed by atoms with Crippen LogP contribution in [0.1, 0.15) is 5.01 Å². The van der Waals surface area contributed by atoms with Crippen LogP contribution in [0.4, 0.5) is 5.69 Å². The molecule has 0 saturated carbocycles. The molecule has 0 amide bonds. The summed E-state index contributed by atoms with van der Waals surface area (Å²) in [5.41, 5.74) is 2.20. The average molecular weight is 559 g/mol. The normalized spacial score (nSPS) is 15.6. The zero-order valence-electron chi connectivity index (χ0n) is 19.3. The quantitative estimate of drug-likeness (QED) is 0.314. The molecule has 1 saturated heterocycles. The molecule has 3 N–H and O–H groups in total. The van der Waals surface area contributed by atoms with Gasteiger partial charge in [-0.1, -0.05) is 15.9 Å². The Balaban J connectivity index is 1.14. The first-order chi connectivity index (χ1) is 16.9. The molecule has 1 aliphatic rings. The maximum Gasteiger partial charge on any atom is 0.223 e. The van der Waals surface area contributed by atoms with Crippen LogP contribution < -0.4 is 9.64 Å². The van der Waals surface area contributed by atoms with E-state index in [-0.39, 0.29) is 18.4 Å². The molecule has 1 aliphatic heterocycles. The van der Waals surface area contributed by atoms with Crippen molar-refractivity contribution in [2.75, 3.05) is 44.2 Å². The minimum atomic E-state index is -0.620. The summed E-state index contributed by atoms with van der Waals surface area (Å²) >= 11 is 5.05. The number of aliphatic hydroxyl groups is 1. The van der Waals surface area contributed by atoms with Crippen molar-refractivity contribution in [3.63, 3.8) is 0 Å². The number of aryl methyl sites for hydroxylation is 1. The van der Waals surface area contributed by atoms with Gasteiger partial charge in [0.2, 0.25) is 11.8 Å². The summed E-state index contributed by atoms with van der Waals surface area (Å²) in [6.45, 7) is 5.49. The number of fused-ring (bicyclic) bond motifs is 1. The molecule has 0 radical (unpaired) electrons. The van der Waals surface area contributed by atoms with Gasteiger partial charge in [-0.3, -0.25) is 4.90 Å². The number of halogens is 1. The molecular formula is C25H27BrN4O4S. The lowest BCUT2D eigenvalue weighted by Gasteiger charge is -2.36. The predicted molar refractivity (Wildman–Crippen MR) is 141 cm³/mol. The van der Waals surface area contributed by atoms with Gasteiger partial charge in [-0.2, -0.15) is 0 Å². The lowest BCUT2D eigenvalue weighted by atomic mass is 10.2.